The Balaban J connectivity index is 0. The first-order chi connectivity index (χ1) is 8.79. The second-order valence-corrected chi connectivity index (χ2v) is 3.89. The molecule has 1 aliphatic heterocycles. The summed E-state index contributed by atoms with van der Waals surface area (Å²) in [4.78, 5) is 21.2. The van der Waals surface area contributed by atoms with Crippen LogP contribution in [-0.2, 0) is 40.1 Å². The Labute approximate surface area is 132 Å². The van der Waals surface area contributed by atoms with Gasteiger partial charge in [0.1, 0.15) is 24.4 Å². The van der Waals surface area contributed by atoms with Crippen molar-refractivity contribution in [1.29, 1.82) is 0 Å². The minimum Gasteiger partial charge on any atom is -0.479 e. The molecule has 5 atom stereocenters. The zero-order chi connectivity index (χ0) is 14.7. The standard InChI is InChI=1S/C9H14O10.H3N.Pt/c10-1-2-3(11)4(12)5(9(17)18-2)19-6(7(13)14)8(15)16;;/h2-6,9-12,17H,1H2,(H,13,14)(H,15,16);1H3;/q;;+2/t2-,3-,4+,5-,9+;;/m1../s1. The van der Waals surface area contributed by atoms with Crippen LogP contribution in [0.1, 0.15) is 0 Å². The summed E-state index contributed by atoms with van der Waals surface area (Å²) in [6.07, 6.45) is -10.8. The minimum atomic E-state index is -2.34. The van der Waals surface area contributed by atoms with Gasteiger partial charge in [-0.2, -0.15) is 0 Å². The van der Waals surface area contributed by atoms with E-state index in [1.54, 1.807) is 0 Å². The Bertz CT molecular complexity index is 341. The van der Waals surface area contributed by atoms with E-state index in [4.69, 9.17) is 15.3 Å². The van der Waals surface area contributed by atoms with Crippen molar-refractivity contribution in [2.45, 2.75) is 36.8 Å². The van der Waals surface area contributed by atoms with Crippen LogP contribution >= 0.6 is 0 Å². The second-order valence-electron chi connectivity index (χ2n) is 3.89. The SMILES string of the molecule is N.O=C(O)C(O[C@@H]1[C@@H](O)[C@H](O)[C@@H](CO)O[C@@H]1O)C(=O)O.[Pt+2]. The third kappa shape index (κ3) is 5.24. The van der Waals surface area contributed by atoms with Gasteiger partial charge in [-0.3, -0.25) is 0 Å². The van der Waals surface area contributed by atoms with E-state index in [0.29, 0.717) is 0 Å². The van der Waals surface area contributed by atoms with E-state index in [0.717, 1.165) is 0 Å². The fraction of sp³-hybridized carbons (Fsp3) is 0.778. The monoisotopic (exact) mass is 494 g/mol. The quantitative estimate of drug-likeness (QED) is 0.187. The maximum absolute atomic E-state index is 10.6. The van der Waals surface area contributed by atoms with Crippen molar-refractivity contribution in [3.63, 3.8) is 0 Å². The van der Waals surface area contributed by atoms with Crippen molar-refractivity contribution in [3.8, 4) is 0 Å². The number of aliphatic hydroxyl groups excluding tert-OH is 4. The summed E-state index contributed by atoms with van der Waals surface area (Å²) in [5, 5.41) is 54.6. The van der Waals surface area contributed by atoms with Gasteiger partial charge >= 0.3 is 33.0 Å². The largest absolute Gasteiger partial charge is 2.00 e. The van der Waals surface area contributed by atoms with Crippen LogP contribution < -0.4 is 6.15 Å². The number of aliphatic hydroxyl groups is 4. The predicted molar refractivity (Wildman–Crippen MR) is 58.9 cm³/mol. The third-order valence-corrected chi connectivity index (χ3v) is 2.58. The summed E-state index contributed by atoms with van der Waals surface area (Å²) in [6, 6.07) is 0. The van der Waals surface area contributed by atoms with Gasteiger partial charge < -0.3 is 46.3 Å². The van der Waals surface area contributed by atoms with Crippen LogP contribution in [0.3, 0.4) is 0 Å². The van der Waals surface area contributed by atoms with Gasteiger partial charge in [0.05, 0.1) is 6.61 Å². The van der Waals surface area contributed by atoms with Gasteiger partial charge in [0.2, 0.25) is 0 Å². The number of carboxylic acids is 2. The topological polar surface area (TPSA) is 209 Å². The maximum atomic E-state index is 10.6. The number of hydrogen-bond acceptors (Lipinski definition) is 9. The molecule has 0 aliphatic carbocycles. The van der Waals surface area contributed by atoms with Crippen molar-refractivity contribution >= 4 is 11.9 Å². The average molecular weight is 494 g/mol. The summed E-state index contributed by atoms with van der Waals surface area (Å²) in [5.74, 6) is -3.68. The molecule has 11 nitrogen and oxygen atoms in total. The van der Waals surface area contributed by atoms with E-state index in [1.807, 2.05) is 0 Å². The molecule has 126 valence electrons. The van der Waals surface area contributed by atoms with Gasteiger partial charge in [0.15, 0.2) is 6.29 Å². The first kappa shape index (κ1) is 22.6. The van der Waals surface area contributed by atoms with E-state index >= 15 is 0 Å². The molecule has 1 rings (SSSR count). The van der Waals surface area contributed by atoms with Crippen LogP contribution in [-0.4, -0.2) is 86.0 Å². The fourth-order valence-electron chi connectivity index (χ4n) is 1.60. The zero-order valence-corrected chi connectivity index (χ0v) is 12.8. The Morgan fingerprint density at radius 3 is 1.95 bits per heavy atom. The van der Waals surface area contributed by atoms with E-state index in [-0.39, 0.29) is 27.2 Å². The molecule has 1 fully saturated rings. The van der Waals surface area contributed by atoms with Crippen molar-refractivity contribution in [2.24, 2.45) is 0 Å². The van der Waals surface area contributed by atoms with Gasteiger partial charge in [-0.1, -0.05) is 0 Å². The first-order valence-corrected chi connectivity index (χ1v) is 5.21. The molecule has 1 saturated heterocycles. The molecule has 0 radical (unpaired) electrons. The number of aliphatic carboxylic acids is 2. The molecule has 0 unspecified atom stereocenters. The molecule has 0 aromatic carbocycles. The average Bonchev–Trinajstić information content (AvgIpc) is 2.32. The molecule has 0 amide bonds. The molecule has 1 heterocycles. The summed E-state index contributed by atoms with van der Waals surface area (Å²) < 4.78 is 9.21. The van der Waals surface area contributed by atoms with Crippen LogP contribution in [0, 0.1) is 0 Å². The summed E-state index contributed by atoms with van der Waals surface area (Å²) in [7, 11) is 0. The van der Waals surface area contributed by atoms with E-state index in [1.165, 1.54) is 0 Å². The molecule has 21 heavy (non-hydrogen) atoms. The van der Waals surface area contributed by atoms with Crippen LogP contribution in [0.4, 0.5) is 0 Å². The number of rotatable bonds is 5. The number of ether oxygens (including phenoxy) is 2. The van der Waals surface area contributed by atoms with Gasteiger partial charge in [-0.05, 0) is 0 Å². The molecule has 0 aromatic rings. The fourth-order valence-corrected chi connectivity index (χ4v) is 1.60. The van der Waals surface area contributed by atoms with Crippen LogP contribution in [0.2, 0.25) is 0 Å². The number of carbonyl (C=O) groups is 2. The molecule has 0 bridgehead atoms. The van der Waals surface area contributed by atoms with Gasteiger partial charge in [0, 0.05) is 0 Å². The zero-order valence-electron chi connectivity index (χ0n) is 10.5. The summed E-state index contributed by atoms with van der Waals surface area (Å²) in [5.41, 5.74) is 0. The predicted octanol–water partition coefficient (Wildman–Crippen LogP) is -3.50. The Morgan fingerprint density at radius 2 is 1.57 bits per heavy atom. The van der Waals surface area contributed by atoms with E-state index < -0.39 is 55.4 Å². The van der Waals surface area contributed by atoms with Crippen molar-refractivity contribution < 1.29 is 70.8 Å². The molecular formula is C9H17NO10Pt+2. The summed E-state index contributed by atoms with van der Waals surface area (Å²) >= 11 is 0. The molecule has 12 heteroatoms. The van der Waals surface area contributed by atoms with Crippen molar-refractivity contribution in [1.82, 2.24) is 6.15 Å². The molecule has 0 saturated carbocycles. The minimum absolute atomic E-state index is 0. The van der Waals surface area contributed by atoms with Crippen LogP contribution in [0.15, 0.2) is 0 Å². The van der Waals surface area contributed by atoms with Crippen molar-refractivity contribution in [2.75, 3.05) is 6.61 Å². The molecule has 0 spiro atoms. The van der Waals surface area contributed by atoms with E-state index in [9.17, 15) is 24.9 Å². The van der Waals surface area contributed by atoms with Gasteiger partial charge in [0.25, 0.3) is 6.10 Å². The first-order valence-electron chi connectivity index (χ1n) is 5.21. The molecule has 9 N–H and O–H groups in total. The van der Waals surface area contributed by atoms with Crippen LogP contribution in [0.25, 0.3) is 0 Å². The van der Waals surface area contributed by atoms with Crippen molar-refractivity contribution in [3.05, 3.63) is 0 Å². The third-order valence-electron chi connectivity index (χ3n) is 2.58. The van der Waals surface area contributed by atoms with Gasteiger partial charge in [-0.15, -0.1) is 0 Å². The normalized spacial score (nSPS) is 32.0. The molecule has 0 aromatic heterocycles. The number of carboxylic acid groups (broad SMARTS) is 2. The smallest absolute Gasteiger partial charge is 0.479 e. The maximum Gasteiger partial charge on any atom is 2.00 e. The Morgan fingerprint density at radius 1 is 1.10 bits per heavy atom. The van der Waals surface area contributed by atoms with Crippen LogP contribution in [0.5, 0.6) is 0 Å². The molecule has 1 aliphatic rings. The summed E-state index contributed by atoms with van der Waals surface area (Å²) in [6.45, 7) is -0.705. The second kappa shape index (κ2) is 9.38. The Kier molecular flexibility index (Phi) is 10.1. The molecular weight excluding hydrogens is 477 g/mol. The van der Waals surface area contributed by atoms with Gasteiger partial charge in [-0.25, -0.2) is 9.59 Å². The van der Waals surface area contributed by atoms with E-state index in [2.05, 4.69) is 9.47 Å². The number of hydrogen-bond donors (Lipinski definition) is 7. The Hall–Kier alpha value is -0.652.